The van der Waals surface area contributed by atoms with Crippen LogP contribution in [0.25, 0.3) is 76.0 Å². The maximum atomic E-state index is 6.78. The molecule has 2 heterocycles. The van der Waals surface area contributed by atoms with E-state index in [0.29, 0.717) is 11.8 Å². The summed E-state index contributed by atoms with van der Waals surface area (Å²) in [6, 6.07) is 61.0. The van der Waals surface area contributed by atoms with E-state index < -0.39 is 0 Å². The first-order chi connectivity index (χ1) is 27.4. The first-order valence-corrected chi connectivity index (χ1v) is 19.8. The van der Waals surface area contributed by atoms with Gasteiger partial charge in [-0.25, -0.2) is 9.97 Å². The van der Waals surface area contributed by atoms with Gasteiger partial charge in [-0.2, -0.15) is 0 Å². The summed E-state index contributed by atoms with van der Waals surface area (Å²) in [5.41, 5.74) is 5.06. The van der Waals surface area contributed by atoms with Crippen molar-refractivity contribution in [3.05, 3.63) is 181 Å². The molecule has 0 amide bonds. The molecule has 0 atom stereocenters. The predicted molar refractivity (Wildman–Crippen MR) is 243 cm³/mol. The zero-order valence-corrected chi connectivity index (χ0v) is 33.5. The zero-order valence-electron chi connectivity index (χ0n) is 33.5. The molecule has 2 aromatic heterocycles. The molecular formula is C54H46N2O. The van der Waals surface area contributed by atoms with Gasteiger partial charge < -0.3 is 4.74 Å². The van der Waals surface area contributed by atoms with Gasteiger partial charge in [-0.3, -0.25) is 0 Å². The summed E-state index contributed by atoms with van der Waals surface area (Å²) >= 11 is 0. The maximum Gasteiger partial charge on any atom is 0.222 e. The topological polar surface area (TPSA) is 35.0 Å². The molecule has 9 rings (SSSR count). The molecule has 0 aliphatic carbocycles. The third-order valence-electron chi connectivity index (χ3n) is 11.0. The van der Waals surface area contributed by atoms with E-state index in [-0.39, 0.29) is 10.8 Å². The monoisotopic (exact) mass is 738 g/mol. The number of nitrogens with zero attached hydrogens (tertiary/aromatic N) is 2. The quantitative estimate of drug-likeness (QED) is 0.181. The van der Waals surface area contributed by atoms with E-state index in [1.54, 1.807) is 0 Å². The molecule has 57 heavy (non-hydrogen) atoms. The fourth-order valence-corrected chi connectivity index (χ4v) is 7.63. The Kier molecular flexibility index (Phi) is 8.97. The van der Waals surface area contributed by atoms with Crippen molar-refractivity contribution < 1.29 is 4.74 Å². The van der Waals surface area contributed by atoms with Crippen molar-refractivity contribution in [3.63, 3.8) is 0 Å². The van der Waals surface area contributed by atoms with Gasteiger partial charge in [0.25, 0.3) is 0 Å². The van der Waals surface area contributed by atoms with Crippen LogP contribution in [0.5, 0.6) is 11.8 Å². The molecule has 7 aromatic carbocycles. The number of aromatic nitrogens is 2. The molecule has 0 radical (unpaired) electrons. The van der Waals surface area contributed by atoms with Gasteiger partial charge in [0.05, 0.1) is 11.2 Å². The van der Waals surface area contributed by atoms with E-state index in [1.807, 2.05) is 6.07 Å². The van der Waals surface area contributed by atoms with Crippen LogP contribution in [-0.4, -0.2) is 9.97 Å². The Balaban J connectivity index is 1.31. The van der Waals surface area contributed by atoms with Crippen molar-refractivity contribution in [1.29, 1.82) is 0 Å². The Hall–Kier alpha value is -6.58. The van der Waals surface area contributed by atoms with Crippen LogP contribution in [0.2, 0.25) is 0 Å². The lowest BCUT2D eigenvalue weighted by molar-refractivity contribution is 0.444. The summed E-state index contributed by atoms with van der Waals surface area (Å²) in [7, 11) is 0. The lowest BCUT2D eigenvalue weighted by Gasteiger charge is -2.22. The minimum atomic E-state index is -0.129. The van der Waals surface area contributed by atoms with E-state index in [4.69, 9.17) is 14.7 Å². The van der Waals surface area contributed by atoms with Crippen LogP contribution in [0.3, 0.4) is 0 Å². The van der Waals surface area contributed by atoms with Gasteiger partial charge in [-0.15, -0.1) is 0 Å². The molecule has 9 aromatic rings. The standard InChI is InChI=1S/C54H46N2O/c1-53(2,3)47-24-12-23-45(30-47)50-33-48(54(4,5)6)34-52(56-50)57-51-32-46-31-49(55-51)44-22-11-20-42(29-44)40-18-9-16-38(27-40)36-14-7-13-35(25-36)37-15-8-17-39(26-37)41-19-10-21-43(46)28-41/h7-34H,1-6H3. The largest absolute Gasteiger partial charge is 0.421 e. The third-order valence-corrected chi connectivity index (χ3v) is 11.0. The van der Waals surface area contributed by atoms with Gasteiger partial charge in [0, 0.05) is 23.1 Å². The highest BCUT2D eigenvalue weighted by molar-refractivity contribution is 6.01. The highest BCUT2D eigenvalue weighted by Gasteiger charge is 2.20. The molecule has 278 valence electrons. The lowest BCUT2D eigenvalue weighted by atomic mass is 9.84. The Morgan fingerprint density at radius 2 is 0.737 bits per heavy atom. The number of benzene rings is 6. The van der Waals surface area contributed by atoms with Crippen LogP contribution < -0.4 is 4.74 Å². The SMILES string of the molecule is CC(C)(C)c1cccc(-c2cc(C(C)(C)C)cc(Oc3cc4cc(n3)c3cccc(c3)c3cccc(c3)c3cccc(c3)c3cccc(c3)c3cccc4c3)n2)c1. The fourth-order valence-electron chi connectivity index (χ4n) is 7.63. The first-order valence-electron chi connectivity index (χ1n) is 19.8. The molecule has 0 fully saturated rings. The summed E-state index contributed by atoms with van der Waals surface area (Å²) < 4.78 is 6.78. The number of rotatable bonds is 3. The fraction of sp³-hybridized carbons (Fsp3) is 0.148. The van der Waals surface area contributed by atoms with Crippen LogP contribution >= 0.6 is 0 Å². The van der Waals surface area contributed by atoms with Crippen molar-refractivity contribution in [2.75, 3.05) is 0 Å². The Labute approximate surface area is 334 Å². The average Bonchev–Trinajstić information content (AvgIpc) is 3.23. The Morgan fingerprint density at radius 3 is 1.21 bits per heavy atom. The number of fused-ring (bicyclic) bond motifs is 18. The summed E-state index contributed by atoms with van der Waals surface area (Å²) in [4.78, 5) is 10.3. The molecule has 0 aliphatic rings. The summed E-state index contributed by atoms with van der Waals surface area (Å²) in [6.07, 6.45) is 0. The number of ether oxygens (including phenoxy) is 1. The molecular weight excluding hydrogens is 693 g/mol. The Morgan fingerprint density at radius 1 is 0.333 bits per heavy atom. The van der Waals surface area contributed by atoms with Crippen molar-refractivity contribution in [2.45, 2.75) is 52.4 Å². The van der Waals surface area contributed by atoms with Gasteiger partial charge >= 0.3 is 0 Å². The van der Waals surface area contributed by atoms with Crippen molar-refractivity contribution in [1.82, 2.24) is 9.97 Å². The summed E-state index contributed by atoms with van der Waals surface area (Å²) in [5, 5.41) is 12.4. The second-order valence-electron chi connectivity index (χ2n) is 17.2. The van der Waals surface area contributed by atoms with Crippen LogP contribution in [0.1, 0.15) is 52.7 Å². The van der Waals surface area contributed by atoms with Gasteiger partial charge in [0.15, 0.2) is 0 Å². The predicted octanol–water partition coefficient (Wildman–Crippen LogP) is 15.1. The number of hydrogen-bond acceptors (Lipinski definition) is 3. The molecule has 0 N–H and O–H groups in total. The molecule has 0 aliphatic heterocycles. The van der Waals surface area contributed by atoms with E-state index in [0.717, 1.165) is 60.0 Å². The number of hydrogen-bond donors (Lipinski definition) is 0. The van der Waals surface area contributed by atoms with Crippen LogP contribution in [0.15, 0.2) is 170 Å². The summed E-state index contributed by atoms with van der Waals surface area (Å²) in [6.45, 7) is 13.4. The molecule has 0 spiro atoms. The van der Waals surface area contributed by atoms with Crippen molar-refractivity contribution in [3.8, 4) is 23.0 Å². The minimum Gasteiger partial charge on any atom is -0.421 e. The van der Waals surface area contributed by atoms with Crippen LogP contribution in [-0.2, 0) is 10.8 Å². The second kappa shape index (κ2) is 14.2. The van der Waals surface area contributed by atoms with E-state index in [1.165, 1.54) is 27.1 Å². The minimum absolute atomic E-state index is 0.0128. The van der Waals surface area contributed by atoms with Crippen molar-refractivity contribution >= 4 is 64.8 Å². The van der Waals surface area contributed by atoms with Gasteiger partial charge in [0.1, 0.15) is 0 Å². The van der Waals surface area contributed by atoms with E-state index >= 15 is 0 Å². The molecule has 0 saturated carbocycles. The smallest absolute Gasteiger partial charge is 0.222 e. The highest BCUT2D eigenvalue weighted by Crippen LogP contribution is 2.35. The molecule has 3 nitrogen and oxygen atoms in total. The van der Waals surface area contributed by atoms with Crippen LogP contribution in [0.4, 0.5) is 0 Å². The highest BCUT2D eigenvalue weighted by atomic mass is 16.5. The molecule has 12 bridgehead atoms. The maximum absolute atomic E-state index is 6.78. The van der Waals surface area contributed by atoms with Crippen molar-refractivity contribution in [2.24, 2.45) is 0 Å². The average molecular weight is 739 g/mol. The molecule has 3 heteroatoms. The van der Waals surface area contributed by atoms with Gasteiger partial charge in [0.2, 0.25) is 11.8 Å². The van der Waals surface area contributed by atoms with Crippen LogP contribution in [0, 0.1) is 0 Å². The first kappa shape index (κ1) is 36.1. The van der Waals surface area contributed by atoms with E-state index in [9.17, 15) is 0 Å². The summed E-state index contributed by atoms with van der Waals surface area (Å²) in [5.74, 6) is 1.01. The van der Waals surface area contributed by atoms with E-state index in [2.05, 4.69) is 205 Å². The number of pyridine rings is 2. The van der Waals surface area contributed by atoms with Gasteiger partial charge in [-0.1, -0.05) is 151 Å². The molecule has 0 saturated heterocycles. The zero-order chi connectivity index (χ0) is 39.3. The Bertz CT molecular complexity index is 2980. The second-order valence-corrected chi connectivity index (χ2v) is 17.2. The third kappa shape index (κ3) is 7.54. The lowest BCUT2D eigenvalue weighted by Crippen LogP contribution is -2.12. The normalized spacial score (nSPS) is 12.0. The van der Waals surface area contributed by atoms with Gasteiger partial charge in [-0.05, 0) is 124 Å². The molecule has 0 unspecified atom stereocenters.